The van der Waals surface area contributed by atoms with Gasteiger partial charge < -0.3 is 0 Å². The van der Waals surface area contributed by atoms with Crippen molar-refractivity contribution in [2.45, 2.75) is 27.2 Å². The highest BCUT2D eigenvalue weighted by molar-refractivity contribution is 8.18. The van der Waals surface area contributed by atoms with Crippen molar-refractivity contribution >= 4 is 22.9 Å². The summed E-state index contributed by atoms with van der Waals surface area (Å²) in [4.78, 5) is 22.6. The zero-order chi connectivity index (χ0) is 10.0. The molecule has 1 heterocycles. The molecule has 0 aromatic heterocycles. The number of imide groups is 1. The van der Waals surface area contributed by atoms with Crippen molar-refractivity contribution in [1.29, 1.82) is 0 Å². The number of carbonyl (C=O) groups is 2. The molecule has 1 aliphatic rings. The first kappa shape index (κ1) is 10.3. The summed E-state index contributed by atoms with van der Waals surface area (Å²) in [6.45, 7) is 6.08. The van der Waals surface area contributed by atoms with E-state index in [0.717, 1.165) is 23.8 Å². The Bertz CT molecular complexity index is 281. The number of rotatable bonds is 2. The Hall–Kier alpha value is -0.770. The maximum absolute atomic E-state index is 11.2. The molecule has 0 aliphatic carbocycles. The molecule has 3 nitrogen and oxygen atoms in total. The summed E-state index contributed by atoms with van der Waals surface area (Å²) in [6.07, 6.45) is 0.864. The molecule has 72 valence electrons. The summed E-state index contributed by atoms with van der Waals surface area (Å²) in [5.41, 5.74) is 1.00. The molecule has 1 aliphatic heterocycles. The van der Waals surface area contributed by atoms with Gasteiger partial charge in [-0.15, -0.1) is 0 Å². The SMILES string of the molecule is C/C(CC(C)C)=C1/SC(=O)NC1=O. The minimum Gasteiger partial charge on any atom is -0.282 e. The van der Waals surface area contributed by atoms with Crippen LogP contribution in [0.4, 0.5) is 4.79 Å². The highest BCUT2D eigenvalue weighted by atomic mass is 32.2. The molecule has 4 heteroatoms. The molecule has 0 radical (unpaired) electrons. The van der Waals surface area contributed by atoms with Crippen LogP contribution in [0.3, 0.4) is 0 Å². The van der Waals surface area contributed by atoms with Gasteiger partial charge in [0.1, 0.15) is 0 Å². The van der Waals surface area contributed by atoms with Gasteiger partial charge in [-0.1, -0.05) is 19.4 Å². The van der Waals surface area contributed by atoms with Gasteiger partial charge in [0.25, 0.3) is 11.1 Å². The fourth-order valence-electron chi connectivity index (χ4n) is 1.30. The number of hydrogen-bond acceptors (Lipinski definition) is 3. The molecule has 0 atom stereocenters. The highest BCUT2D eigenvalue weighted by Gasteiger charge is 2.26. The first-order chi connectivity index (χ1) is 6.00. The molecule has 0 unspecified atom stereocenters. The average Bonchev–Trinajstić information content (AvgIpc) is 2.28. The Morgan fingerprint density at radius 1 is 1.46 bits per heavy atom. The minimum absolute atomic E-state index is 0.242. The predicted octanol–water partition coefficient (Wildman–Crippen LogP) is 2.29. The van der Waals surface area contributed by atoms with E-state index >= 15 is 0 Å². The monoisotopic (exact) mass is 199 g/mol. The van der Waals surface area contributed by atoms with Crippen LogP contribution in [0.1, 0.15) is 27.2 Å². The van der Waals surface area contributed by atoms with E-state index in [1.54, 1.807) is 0 Å². The molecular formula is C9H13NO2S. The highest BCUT2D eigenvalue weighted by Crippen LogP contribution is 2.28. The predicted molar refractivity (Wildman–Crippen MR) is 53.3 cm³/mol. The van der Waals surface area contributed by atoms with E-state index < -0.39 is 0 Å². The maximum atomic E-state index is 11.2. The summed E-state index contributed by atoms with van der Waals surface area (Å²) in [6, 6.07) is 0. The van der Waals surface area contributed by atoms with Gasteiger partial charge in [-0.05, 0) is 31.0 Å². The lowest BCUT2D eigenvalue weighted by molar-refractivity contribution is -0.115. The van der Waals surface area contributed by atoms with Crippen LogP contribution in [0.2, 0.25) is 0 Å². The van der Waals surface area contributed by atoms with Gasteiger partial charge in [0.15, 0.2) is 0 Å². The fraction of sp³-hybridized carbons (Fsp3) is 0.556. The van der Waals surface area contributed by atoms with E-state index in [1.165, 1.54) is 0 Å². The molecule has 0 aromatic rings. The third-order valence-electron chi connectivity index (χ3n) is 1.72. The van der Waals surface area contributed by atoms with Gasteiger partial charge in [-0.3, -0.25) is 14.9 Å². The molecular weight excluding hydrogens is 186 g/mol. The van der Waals surface area contributed by atoms with Crippen LogP contribution < -0.4 is 5.32 Å². The average molecular weight is 199 g/mol. The van der Waals surface area contributed by atoms with Crippen LogP contribution in [0.5, 0.6) is 0 Å². The Labute approximate surface area is 82.0 Å². The van der Waals surface area contributed by atoms with Crippen LogP contribution in [0, 0.1) is 5.92 Å². The first-order valence-corrected chi connectivity index (χ1v) is 5.05. The lowest BCUT2D eigenvalue weighted by atomic mass is 10.0. The summed E-state index contributed by atoms with van der Waals surface area (Å²) in [5.74, 6) is 0.268. The topological polar surface area (TPSA) is 46.2 Å². The van der Waals surface area contributed by atoms with Crippen molar-refractivity contribution in [2.24, 2.45) is 5.92 Å². The molecule has 1 rings (SSSR count). The van der Waals surface area contributed by atoms with Crippen LogP contribution in [0.15, 0.2) is 10.5 Å². The number of allylic oxidation sites excluding steroid dienone is 1. The Morgan fingerprint density at radius 3 is 2.46 bits per heavy atom. The summed E-state index contributed by atoms with van der Waals surface area (Å²) in [7, 11) is 0. The molecule has 1 fully saturated rings. The molecule has 0 bridgehead atoms. The normalized spacial score (nSPS) is 20.9. The third-order valence-corrected chi connectivity index (χ3v) is 2.74. The number of amides is 2. The van der Waals surface area contributed by atoms with Crippen molar-refractivity contribution in [3.8, 4) is 0 Å². The molecule has 13 heavy (non-hydrogen) atoms. The summed E-state index contributed by atoms with van der Waals surface area (Å²) >= 11 is 1.00. The van der Waals surface area contributed by atoms with Gasteiger partial charge >= 0.3 is 0 Å². The quantitative estimate of drug-likeness (QED) is 0.694. The van der Waals surface area contributed by atoms with Gasteiger partial charge in [-0.2, -0.15) is 0 Å². The molecule has 0 saturated carbocycles. The standard InChI is InChI=1S/C9H13NO2S/c1-5(2)4-6(3)7-8(11)10-9(12)13-7/h5H,4H2,1-3H3,(H,10,11,12)/b7-6-. The van der Waals surface area contributed by atoms with E-state index in [4.69, 9.17) is 0 Å². The number of thioether (sulfide) groups is 1. The van der Waals surface area contributed by atoms with Crippen LogP contribution in [-0.2, 0) is 4.79 Å². The van der Waals surface area contributed by atoms with Gasteiger partial charge in [0.2, 0.25) is 0 Å². The molecule has 0 spiro atoms. The maximum Gasteiger partial charge on any atom is 0.290 e. The van der Waals surface area contributed by atoms with Crippen molar-refractivity contribution in [3.63, 3.8) is 0 Å². The lowest BCUT2D eigenvalue weighted by Gasteiger charge is -2.05. The zero-order valence-electron chi connectivity index (χ0n) is 8.01. The number of carbonyl (C=O) groups excluding carboxylic acids is 2. The second-order valence-corrected chi connectivity index (χ2v) is 4.53. The Balaban J connectivity index is 2.79. The van der Waals surface area contributed by atoms with E-state index in [9.17, 15) is 9.59 Å². The number of nitrogens with one attached hydrogen (secondary N) is 1. The van der Waals surface area contributed by atoms with E-state index in [2.05, 4.69) is 19.2 Å². The van der Waals surface area contributed by atoms with Crippen LogP contribution in [0.25, 0.3) is 0 Å². The summed E-state index contributed by atoms with van der Waals surface area (Å²) < 4.78 is 0. The van der Waals surface area contributed by atoms with Gasteiger partial charge in [0, 0.05) is 0 Å². The second kappa shape index (κ2) is 3.96. The van der Waals surface area contributed by atoms with E-state index in [0.29, 0.717) is 10.8 Å². The van der Waals surface area contributed by atoms with E-state index in [-0.39, 0.29) is 11.1 Å². The summed E-state index contributed by atoms with van der Waals surface area (Å²) in [5, 5.41) is 1.99. The second-order valence-electron chi connectivity index (χ2n) is 3.55. The van der Waals surface area contributed by atoms with Gasteiger partial charge in [0.05, 0.1) is 4.91 Å². The van der Waals surface area contributed by atoms with E-state index in [1.807, 2.05) is 6.92 Å². The van der Waals surface area contributed by atoms with Crippen LogP contribution in [-0.4, -0.2) is 11.1 Å². The smallest absolute Gasteiger partial charge is 0.282 e. The zero-order valence-corrected chi connectivity index (χ0v) is 8.83. The van der Waals surface area contributed by atoms with Gasteiger partial charge in [-0.25, -0.2) is 0 Å². The number of hydrogen-bond donors (Lipinski definition) is 1. The van der Waals surface area contributed by atoms with Crippen molar-refractivity contribution in [3.05, 3.63) is 10.5 Å². The molecule has 0 aromatic carbocycles. The fourth-order valence-corrected chi connectivity index (χ4v) is 2.03. The molecule has 1 saturated heterocycles. The lowest BCUT2D eigenvalue weighted by Crippen LogP contribution is -2.18. The minimum atomic E-state index is -0.261. The van der Waals surface area contributed by atoms with Crippen molar-refractivity contribution in [1.82, 2.24) is 5.32 Å². The Morgan fingerprint density at radius 2 is 2.08 bits per heavy atom. The van der Waals surface area contributed by atoms with Crippen molar-refractivity contribution < 1.29 is 9.59 Å². The third kappa shape index (κ3) is 2.59. The Kier molecular flexibility index (Phi) is 3.14. The first-order valence-electron chi connectivity index (χ1n) is 4.23. The van der Waals surface area contributed by atoms with Crippen LogP contribution >= 0.6 is 11.8 Å². The van der Waals surface area contributed by atoms with Crippen molar-refractivity contribution in [2.75, 3.05) is 0 Å². The molecule has 2 amide bonds. The largest absolute Gasteiger partial charge is 0.290 e. The molecule has 1 N–H and O–H groups in total.